The molecule has 5 nitrogen and oxygen atoms in total. The van der Waals surface area contributed by atoms with Crippen LogP contribution in [-0.2, 0) is 4.79 Å². The van der Waals surface area contributed by atoms with Gasteiger partial charge in [0.25, 0.3) is 0 Å². The van der Waals surface area contributed by atoms with Crippen molar-refractivity contribution in [3.63, 3.8) is 0 Å². The summed E-state index contributed by atoms with van der Waals surface area (Å²) in [5.41, 5.74) is 7.04. The van der Waals surface area contributed by atoms with Crippen molar-refractivity contribution < 1.29 is 14.3 Å². The maximum Gasteiger partial charge on any atom is 0.226 e. The summed E-state index contributed by atoms with van der Waals surface area (Å²) < 4.78 is 11.0. The van der Waals surface area contributed by atoms with Gasteiger partial charge in [0.05, 0.1) is 20.1 Å². The molecule has 1 aliphatic rings. The molecule has 1 amide bonds. The molecule has 2 rings (SSSR count). The summed E-state index contributed by atoms with van der Waals surface area (Å²) >= 11 is 0. The van der Waals surface area contributed by atoms with Crippen LogP contribution < -0.4 is 15.2 Å². The molecule has 0 saturated carbocycles. The van der Waals surface area contributed by atoms with E-state index in [-0.39, 0.29) is 18.0 Å². The normalized spacial score (nSPS) is 21.5. The Kier molecular flexibility index (Phi) is 5.66. The van der Waals surface area contributed by atoms with Crippen molar-refractivity contribution in [2.75, 3.05) is 20.3 Å². The van der Waals surface area contributed by atoms with Crippen LogP contribution in [0.25, 0.3) is 0 Å². The van der Waals surface area contributed by atoms with Crippen molar-refractivity contribution in [1.29, 1.82) is 0 Å². The predicted octanol–water partition coefficient (Wildman–Crippen LogP) is 2.11. The second-order valence-corrected chi connectivity index (χ2v) is 5.97. The zero-order valence-corrected chi connectivity index (χ0v) is 13.7. The Hall–Kier alpha value is -1.75. The number of likely N-dealkylation sites (tertiary alicyclic amines) is 1. The summed E-state index contributed by atoms with van der Waals surface area (Å²) in [4.78, 5) is 14.2. The van der Waals surface area contributed by atoms with Crippen molar-refractivity contribution in [2.24, 2.45) is 5.73 Å². The first-order valence-electron chi connectivity index (χ1n) is 7.83. The molecular formula is C17H26N2O3. The first kappa shape index (κ1) is 16.6. The van der Waals surface area contributed by atoms with E-state index in [0.717, 1.165) is 24.9 Å². The van der Waals surface area contributed by atoms with Crippen LogP contribution in [-0.4, -0.2) is 43.2 Å². The zero-order valence-electron chi connectivity index (χ0n) is 13.7. The Morgan fingerprint density at radius 3 is 2.86 bits per heavy atom. The Labute approximate surface area is 132 Å². The highest BCUT2D eigenvalue weighted by Crippen LogP contribution is 2.28. The summed E-state index contributed by atoms with van der Waals surface area (Å²) in [6.45, 7) is 5.15. The lowest BCUT2D eigenvalue weighted by atomic mass is 9.99. The summed E-state index contributed by atoms with van der Waals surface area (Å²) in [5.74, 6) is 1.50. The van der Waals surface area contributed by atoms with Crippen molar-refractivity contribution in [2.45, 2.75) is 45.2 Å². The topological polar surface area (TPSA) is 64.8 Å². The van der Waals surface area contributed by atoms with Gasteiger partial charge in [-0.2, -0.15) is 0 Å². The number of hydrogen-bond donors (Lipinski definition) is 1. The van der Waals surface area contributed by atoms with E-state index >= 15 is 0 Å². The summed E-state index contributed by atoms with van der Waals surface area (Å²) in [6.07, 6.45) is 2.12. The first-order chi connectivity index (χ1) is 10.5. The third-order valence-corrected chi connectivity index (χ3v) is 4.13. The standard InChI is InChI=1S/C17H26N2O3/c1-12-4-5-15(16(10-12)21-3)22-9-7-17(20)19-8-6-14(18)11-13(19)2/h4-5,10,13-14H,6-9,11,18H2,1-3H3/t13-,14+/m0/s1. The molecule has 1 heterocycles. The van der Waals surface area contributed by atoms with Crippen LogP contribution in [0, 0.1) is 6.92 Å². The lowest BCUT2D eigenvalue weighted by Crippen LogP contribution is -2.48. The van der Waals surface area contributed by atoms with Gasteiger partial charge in [0.2, 0.25) is 5.91 Å². The second-order valence-electron chi connectivity index (χ2n) is 5.97. The lowest BCUT2D eigenvalue weighted by molar-refractivity contribution is -0.135. The van der Waals surface area contributed by atoms with Crippen molar-refractivity contribution in [3.05, 3.63) is 23.8 Å². The molecule has 1 saturated heterocycles. The number of methoxy groups -OCH3 is 1. The maximum absolute atomic E-state index is 12.3. The molecule has 1 aliphatic heterocycles. The number of rotatable bonds is 5. The average molecular weight is 306 g/mol. The van der Waals surface area contributed by atoms with E-state index in [1.165, 1.54) is 0 Å². The smallest absolute Gasteiger partial charge is 0.226 e. The molecule has 0 radical (unpaired) electrons. The van der Waals surface area contributed by atoms with E-state index in [1.54, 1.807) is 7.11 Å². The molecule has 5 heteroatoms. The van der Waals surface area contributed by atoms with Gasteiger partial charge in [0.15, 0.2) is 11.5 Å². The van der Waals surface area contributed by atoms with Gasteiger partial charge in [0.1, 0.15) is 0 Å². The molecule has 0 aliphatic carbocycles. The quantitative estimate of drug-likeness (QED) is 0.905. The van der Waals surface area contributed by atoms with E-state index in [4.69, 9.17) is 15.2 Å². The molecule has 2 N–H and O–H groups in total. The average Bonchev–Trinajstić information content (AvgIpc) is 2.48. The van der Waals surface area contributed by atoms with Gasteiger partial charge in [-0.3, -0.25) is 4.79 Å². The highest BCUT2D eigenvalue weighted by molar-refractivity contribution is 5.76. The lowest BCUT2D eigenvalue weighted by Gasteiger charge is -2.36. The summed E-state index contributed by atoms with van der Waals surface area (Å²) in [7, 11) is 1.62. The molecule has 1 aromatic carbocycles. The van der Waals surface area contributed by atoms with Crippen LogP contribution in [0.15, 0.2) is 18.2 Å². The Morgan fingerprint density at radius 1 is 1.41 bits per heavy atom. The molecule has 0 aromatic heterocycles. The van der Waals surface area contributed by atoms with Gasteiger partial charge in [-0.25, -0.2) is 0 Å². The number of hydrogen-bond acceptors (Lipinski definition) is 4. The molecule has 122 valence electrons. The molecule has 22 heavy (non-hydrogen) atoms. The number of carbonyl (C=O) groups excluding carboxylic acids is 1. The van der Waals surface area contributed by atoms with Gasteiger partial charge in [-0.05, 0) is 44.4 Å². The van der Waals surface area contributed by atoms with Gasteiger partial charge >= 0.3 is 0 Å². The molecule has 2 atom stereocenters. The highest BCUT2D eigenvalue weighted by atomic mass is 16.5. The molecule has 1 aromatic rings. The van der Waals surface area contributed by atoms with E-state index in [2.05, 4.69) is 6.92 Å². The number of carbonyl (C=O) groups is 1. The molecule has 1 fully saturated rings. The largest absolute Gasteiger partial charge is 0.493 e. The third kappa shape index (κ3) is 4.13. The maximum atomic E-state index is 12.3. The number of nitrogens with zero attached hydrogens (tertiary/aromatic N) is 1. The van der Waals surface area contributed by atoms with Gasteiger partial charge < -0.3 is 20.1 Å². The van der Waals surface area contributed by atoms with E-state index < -0.39 is 0 Å². The number of aryl methyl sites for hydroxylation is 1. The summed E-state index contributed by atoms with van der Waals surface area (Å²) in [6, 6.07) is 6.19. The molecule has 0 unspecified atom stereocenters. The van der Waals surface area contributed by atoms with Gasteiger partial charge in [0, 0.05) is 18.6 Å². The number of nitrogens with two attached hydrogens (primary N) is 1. The minimum atomic E-state index is 0.130. The summed E-state index contributed by atoms with van der Waals surface area (Å²) in [5, 5.41) is 0. The van der Waals surface area contributed by atoms with Crippen molar-refractivity contribution in [3.8, 4) is 11.5 Å². The number of ether oxygens (including phenoxy) is 2. The highest BCUT2D eigenvalue weighted by Gasteiger charge is 2.26. The number of benzene rings is 1. The Balaban J connectivity index is 1.84. The second kappa shape index (κ2) is 7.49. The predicted molar refractivity (Wildman–Crippen MR) is 86.2 cm³/mol. The monoisotopic (exact) mass is 306 g/mol. The molecule has 0 spiro atoms. The molecule has 0 bridgehead atoms. The van der Waals surface area contributed by atoms with E-state index in [1.807, 2.05) is 30.0 Å². The Bertz CT molecular complexity index is 519. The number of amides is 1. The fraction of sp³-hybridized carbons (Fsp3) is 0.588. The fourth-order valence-electron chi connectivity index (χ4n) is 2.86. The van der Waals surface area contributed by atoms with Crippen molar-refractivity contribution >= 4 is 5.91 Å². The van der Waals surface area contributed by atoms with Crippen LogP contribution in [0.3, 0.4) is 0 Å². The Morgan fingerprint density at radius 2 is 2.18 bits per heavy atom. The van der Waals surface area contributed by atoms with Crippen molar-refractivity contribution in [1.82, 2.24) is 4.90 Å². The zero-order chi connectivity index (χ0) is 16.1. The minimum Gasteiger partial charge on any atom is -0.493 e. The van der Waals surface area contributed by atoms with Crippen LogP contribution in [0.4, 0.5) is 0 Å². The van der Waals surface area contributed by atoms with E-state index in [0.29, 0.717) is 24.5 Å². The third-order valence-electron chi connectivity index (χ3n) is 4.13. The van der Waals surface area contributed by atoms with Gasteiger partial charge in [-0.1, -0.05) is 6.07 Å². The van der Waals surface area contributed by atoms with Crippen LogP contribution in [0.2, 0.25) is 0 Å². The number of piperidine rings is 1. The van der Waals surface area contributed by atoms with Gasteiger partial charge in [-0.15, -0.1) is 0 Å². The van der Waals surface area contributed by atoms with Crippen LogP contribution in [0.1, 0.15) is 31.7 Å². The van der Waals surface area contributed by atoms with Crippen LogP contribution in [0.5, 0.6) is 11.5 Å². The SMILES string of the molecule is COc1cc(C)ccc1OCCC(=O)N1CC[C@@H](N)C[C@@H]1C. The first-order valence-corrected chi connectivity index (χ1v) is 7.83. The fourth-order valence-corrected chi connectivity index (χ4v) is 2.86. The minimum absolute atomic E-state index is 0.130. The van der Waals surface area contributed by atoms with E-state index in [9.17, 15) is 4.79 Å². The van der Waals surface area contributed by atoms with Crippen LogP contribution >= 0.6 is 0 Å². The molecular weight excluding hydrogens is 280 g/mol.